The second-order valence-corrected chi connectivity index (χ2v) is 6.77. The van der Waals surface area contributed by atoms with Crippen molar-refractivity contribution in [2.24, 2.45) is 5.92 Å². The van der Waals surface area contributed by atoms with Gasteiger partial charge in [0.15, 0.2) is 0 Å². The Bertz CT molecular complexity index is 774. The molecule has 1 aliphatic rings. The zero-order valence-electron chi connectivity index (χ0n) is 15.8. The van der Waals surface area contributed by atoms with Crippen molar-refractivity contribution in [2.75, 3.05) is 26.3 Å². The summed E-state index contributed by atoms with van der Waals surface area (Å²) in [5.74, 6) is 0.502. The summed E-state index contributed by atoms with van der Waals surface area (Å²) in [7, 11) is 0. The van der Waals surface area contributed by atoms with Crippen molar-refractivity contribution in [1.82, 2.24) is 14.7 Å². The van der Waals surface area contributed by atoms with Gasteiger partial charge in [0.25, 0.3) is 0 Å². The highest BCUT2D eigenvalue weighted by Crippen LogP contribution is 2.19. The Morgan fingerprint density at radius 3 is 2.77 bits per heavy atom. The standard InChI is InChI=1S/C21H27N3O2/c1-4-23(14-18-12-13-26-15-18)21(25)11-10-20-16(2)22-24(17(20)3)19-8-6-5-7-9-19/h5-11,18H,4,12-15H2,1-3H3/b11-10-/t18-/m0/s1. The molecule has 1 saturated heterocycles. The molecule has 1 aliphatic heterocycles. The molecule has 0 unspecified atom stereocenters. The first-order valence-corrected chi connectivity index (χ1v) is 9.26. The summed E-state index contributed by atoms with van der Waals surface area (Å²) < 4.78 is 7.34. The lowest BCUT2D eigenvalue weighted by molar-refractivity contribution is -0.126. The number of aryl methyl sites for hydroxylation is 1. The van der Waals surface area contributed by atoms with E-state index in [4.69, 9.17) is 4.74 Å². The van der Waals surface area contributed by atoms with Gasteiger partial charge in [-0.1, -0.05) is 18.2 Å². The van der Waals surface area contributed by atoms with Gasteiger partial charge in [-0.2, -0.15) is 5.10 Å². The number of amides is 1. The van der Waals surface area contributed by atoms with Crippen molar-refractivity contribution in [1.29, 1.82) is 0 Å². The number of ether oxygens (including phenoxy) is 1. The number of carbonyl (C=O) groups excluding carboxylic acids is 1. The van der Waals surface area contributed by atoms with Crippen LogP contribution in [0.1, 0.15) is 30.3 Å². The van der Waals surface area contributed by atoms with E-state index in [2.05, 4.69) is 5.10 Å². The minimum absolute atomic E-state index is 0.0469. The SMILES string of the molecule is CCN(C[C@@H]1CCOC1)C(=O)/C=C\c1c(C)nn(-c2ccccc2)c1C. The fraction of sp³-hybridized carbons (Fsp3) is 0.429. The lowest BCUT2D eigenvalue weighted by Gasteiger charge is -2.22. The van der Waals surface area contributed by atoms with Crippen molar-refractivity contribution in [3.8, 4) is 5.69 Å². The predicted octanol–water partition coefficient (Wildman–Crippen LogP) is 3.39. The Balaban J connectivity index is 1.75. The normalized spacial score (nSPS) is 17.1. The van der Waals surface area contributed by atoms with E-state index in [0.29, 0.717) is 12.5 Å². The molecule has 5 nitrogen and oxygen atoms in total. The van der Waals surface area contributed by atoms with Crippen molar-refractivity contribution in [3.63, 3.8) is 0 Å². The third-order valence-corrected chi connectivity index (χ3v) is 4.94. The van der Waals surface area contributed by atoms with Crippen molar-refractivity contribution < 1.29 is 9.53 Å². The molecule has 2 aromatic rings. The maximum Gasteiger partial charge on any atom is 0.246 e. The minimum atomic E-state index is 0.0469. The molecule has 5 heteroatoms. The number of hydrogen-bond donors (Lipinski definition) is 0. The number of carbonyl (C=O) groups is 1. The van der Waals surface area contributed by atoms with E-state index >= 15 is 0 Å². The van der Waals surface area contributed by atoms with Crippen LogP contribution in [-0.4, -0.2) is 46.9 Å². The Labute approximate surface area is 155 Å². The van der Waals surface area contributed by atoms with Crippen molar-refractivity contribution >= 4 is 12.0 Å². The number of rotatable bonds is 6. The number of nitrogens with zero attached hydrogens (tertiary/aromatic N) is 3. The molecule has 0 bridgehead atoms. The van der Waals surface area contributed by atoms with E-state index in [1.54, 1.807) is 6.08 Å². The molecular weight excluding hydrogens is 326 g/mol. The molecule has 1 atom stereocenters. The summed E-state index contributed by atoms with van der Waals surface area (Å²) >= 11 is 0. The van der Waals surface area contributed by atoms with Crippen LogP contribution in [0.4, 0.5) is 0 Å². The molecule has 1 aromatic carbocycles. The summed E-state index contributed by atoms with van der Waals surface area (Å²) in [5, 5.41) is 4.63. The molecule has 0 saturated carbocycles. The first kappa shape index (κ1) is 18.4. The highest BCUT2D eigenvalue weighted by Gasteiger charge is 2.20. The van der Waals surface area contributed by atoms with Gasteiger partial charge in [-0.25, -0.2) is 4.68 Å². The van der Waals surface area contributed by atoms with E-state index in [1.807, 2.05) is 66.8 Å². The Hall–Kier alpha value is -2.40. The Morgan fingerprint density at radius 2 is 2.12 bits per heavy atom. The molecule has 0 spiro atoms. The van der Waals surface area contributed by atoms with Crippen LogP contribution >= 0.6 is 0 Å². The van der Waals surface area contributed by atoms with Gasteiger partial charge in [0.05, 0.1) is 18.0 Å². The van der Waals surface area contributed by atoms with Crippen LogP contribution in [0.2, 0.25) is 0 Å². The van der Waals surface area contributed by atoms with Crippen LogP contribution < -0.4 is 0 Å². The van der Waals surface area contributed by atoms with Crippen LogP contribution in [0.25, 0.3) is 11.8 Å². The summed E-state index contributed by atoms with van der Waals surface area (Å²) in [6, 6.07) is 10.0. The fourth-order valence-corrected chi connectivity index (χ4v) is 3.39. The first-order chi connectivity index (χ1) is 12.6. The van der Waals surface area contributed by atoms with Crippen LogP contribution in [0.15, 0.2) is 36.4 Å². The van der Waals surface area contributed by atoms with Gasteiger partial charge < -0.3 is 9.64 Å². The molecule has 1 fully saturated rings. The number of benzene rings is 1. The maximum atomic E-state index is 12.6. The lowest BCUT2D eigenvalue weighted by Crippen LogP contribution is -2.34. The molecular formula is C21H27N3O2. The van der Waals surface area contributed by atoms with Gasteiger partial charge >= 0.3 is 0 Å². The molecule has 0 aliphatic carbocycles. The highest BCUT2D eigenvalue weighted by molar-refractivity contribution is 5.92. The van der Waals surface area contributed by atoms with Gasteiger partial charge in [-0.3, -0.25) is 4.79 Å². The molecule has 1 aromatic heterocycles. The smallest absolute Gasteiger partial charge is 0.246 e. The Morgan fingerprint density at radius 1 is 1.35 bits per heavy atom. The second kappa shape index (κ2) is 8.32. The summed E-state index contributed by atoms with van der Waals surface area (Å²) in [6.07, 6.45) is 4.61. The molecule has 3 rings (SSSR count). The Kier molecular flexibility index (Phi) is 5.89. The monoisotopic (exact) mass is 353 g/mol. The van der Waals surface area contributed by atoms with Crippen LogP contribution in [0.5, 0.6) is 0 Å². The van der Waals surface area contributed by atoms with Crippen LogP contribution in [-0.2, 0) is 9.53 Å². The van der Waals surface area contributed by atoms with Crippen LogP contribution in [0.3, 0.4) is 0 Å². The van der Waals surface area contributed by atoms with Gasteiger partial charge in [0.2, 0.25) is 5.91 Å². The van der Waals surface area contributed by atoms with Crippen LogP contribution in [0, 0.1) is 19.8 Å². The highest BCUT2D eigenvalue weighted by atomic mass is 16.5. The minimum Gasteiger partial charge on any atom is -0.381 e. The van der Waals surface area contributed by atoms with E-state index in [-0.39, 0.29) is 5.91 Å². The summed E-state index contributed by atoms with van der Waals surface area (Å²) in [6.45, 7) is 9.07. The first-order valence-electron chi connectivity index (χ1n) is 9.26. The quantitative estimate of drug-likeness (QED) is 0.748. The maximum absolute atomic E-state index is 12.6. The lowest BCUT2D eigenvalue weighted by atomic mass is 10.1. The van der Waals surface area contributed by atoms with E-state index < -0.39 is 0 Å². The molecule has 26 heavy (non-hydrogen) atoms. The van der Waals surface area contributed by atoms with Crippen molar-refractivity contribution in [3.05, 3.63) is 53.4 Å². The fourth-order valence-electron chi connectivity index (χ4n) is 3.39. The molecule has 1 amide bonds. The largest absolute Gasteiger partial charge is 0.381 e. The van der Waals surface area contributed by atoms with Gasteiger partial charge in [-0.05, 0) is 45.4 Å². The third-order valence-electron chi connectivity index (χ3n) is 4.94. The number of aromatic nitrogens is 2. The van der Waals surface area contributed by atoms with E-state index in [1.165, 1.54) is 0 Å². The zero-order chi connectivity index (χ0) is 18.5. The molecule has 2 heterocycles. The van der Waals surface area contributed by atoms with E-state index in [0.717, 1.165) is 48.8 Å². The predicted molar refractivity (Wildman–Crippen MR) is 103 cm³/mol. The molecule has 138 valence electrons. The molecule has 0 radical (unpaired) electrons. The van der Waals surface area contributed by atoms with Gasteiger partial charge in [-0.15, -0.1) is 0 Å². The number of para-hydroxylation sites is 1. The second-order valence-electron chi connectivity index (χ2n) is 6.77. The summed E-state index contributed by atoms with van der Waals surface area (Å²) in [5.41, 5.74) is 3.98. The topological polar surface area (TPSA) is 47.4 Å². The van der Waals surface area contributed by atoms with Crippen molar-refractivity contribution in [2.45, 2.75) is 27.2 Å². The molecule has 0 N–H and O–H groups in total. The number of hydrogen-bond acceptors (Lipinski definition) is 3. The van der Waals surface area contributed by atoms with E-state index in [9.17, 15) is 4.79 Å². The van der Waals surface area contributed by atoms with Gasteiger partial charge in [0, 0.05) is 42.9 Å². The van der Waals surface area contributed by atoms with Gasteiger partial charge in [0.1, 0.15) is 0 Å². The average molecular weight is 353 g/mol. The zero-order valence-corrected chi connectivity index (χ0v) is 15.8. The average Bonchev–Trinajstić information content (AvgIpc) is 3.27. The number of likely N-dealkylation sites (N-methyl/N-ethyl adjacent to an activating group) is 1. The third kappa shape index (κ3) is 4.05. The summed E-state index contributed by atoms with van der Waals surface area (Å²) in [4.78, 5) is 14.5.